The van der Waals surface area contributed by atoms with Crippen molar-refractivity contribution in [1.82, 2.24) is 5.43 Å². The van der Waals surface area contributed by atoms with Crippen LogP contribution in [-0.4, -0.2) is 31.7 Å². The van der Waals surface area contributed by atoms with E-state index in [1.54, 1.807) is 24.3 Å². The smallest absolute Gasteiger partial charge is 0.245 e. The van der Waals surface area contributed by atoms with Gasteiger partial charge in [0.1, 0.15) is 6.61 Å². The van der Waals surface area contributed by atoms with Crippen molar-refractivity contribution in [2.24, 2.45) is 11.0 Å². The van der Waals surface area contributed by atoms with Gasteiger partial charge in [-0.25, -0.2) is 5.43 Å². The van der Waals surface area contributed by atoms with Crippen LogP contribution in [0, 0.1) is 5.92 Å². The molecule has 0 radical (unpaired) electrons. The number of amides is 2. The lowest BCUT2D eigenvalue weighted by Gasteiger charge is -2.16. The molecule has 0 bridgehead atoms. The predicted molar refractivity (Wildman–Crippen MR) is 136 cm³/mol. The number of carbonyl (C=O) groups is 2. The lowest BCUT2D eigenvalue weighted by Crippen LogP contribution is -2.30. The van der Waals surface area contributed by atoms with E-state index in [0.717, 1.165) is 23.2 Å². The van der Waals surface area contributed by atoms with Crippen molar-refractivity contribution in [3.63, 3.8) is 0 Å². The molecule has 0 aromatic heterocycles. The van der Waals surface area contributed by atoms with Gasteiger partial charge in [-0.1, -0.05) is 49.4 Å². The Hall–Kier alpha value is -4.13. The summed E-state index contributed by atoms with van der Waals surface area (Å²) in [5, 5.41) is 4.08. The number of carbonyl (C=O) groups excluding carboxylic acids is 2. The molecule has 7 nitrogen and oxygen atoms in total. The normalized spacial score (nSPS) is 15.4. The van der Waals surface area contributed by atoms with Gasteiger partial charge in [-0.3, -0.25) is 9.59 Å². The van der Waals surface area contributed by atoms with Crippen LogP contribution < -0.4 is 19.8 Å². The van der Waals surface area contributed by atoms with Crippen LogP contribution in [0.5, 0.6) is 11.5 Å². The number of anilines is 1. The van der Waals surface area contributed by atoms with E-state index < -0.39 is 5.92 Å². The molecule has 3 aromatic rings. The average Bonchev–Trinajstić information content (AvgIpc) is 3.30. The third kappa shape index (κ3) is 6.06. The highest BCUT2D eigenvalue weighted by atomic mass is 16.5. The summed E-state index contributed by atoms with van der Waals surface area (Å²) in [6.07, 6.45) is 2.64. The third-order valence-electron chi connectivity index (χ3n) is 5.97. The number of hydrogen-bond acceptors (Lipinski definition) is 5. The van der Waals surface area contributed by atoms with E-state index >= 15 is 0 Å². The van der Waals surface area contributed by atoms with Crippen LogP contribution in [-0.2, 0) is 22.6 Å². The highest BCUT2D eigenvalue weighted by Crippen LogP contribution is 2.29. The summed E-state index contributed by atoms with van der Waals surface area (Å²) in [5.74, 6) is 0.400. The number of aryl methyl sites for hydroxylation is 1. The molecule has 2 amide bonds. The monoisotopic (exact) mass is 471 g/mol. The number of hydrogen-bond donors (Lipinski definition) is 1. The van der Waals surface area contributed by atoms with E-state index in [-0.39, 0.29) is 18.2 Å². The maximum atomic E-state index is 12.6. The summed E-state index contributed by atoms with van der Waals surface area (Å²) in [5.41, 5.74) is 6.38. The molecule has 0 unspecified atom stereocenters. The summed E-state index contributed by atoms with van der Waals surface area (Å²) in [6.45, 7) is 2.86. The molecule has 1 aliphatic rings. The van der Waals surface area contributed by atoms with E-state index in [1.807, 2.05) is 66.7 Å². The molecule has 1 atom stereocenters. The van der Waals surface area contributed by atoms with Gasteiger partial charge in [0.2, 0.25) is 11.8 Å². The fourth-order valence-corrected chi connectivity index (χ4v) is 3.93. The fraction of sp³-hybridized carbons (Fsp3) is 0.250. The first kappa shape index (κ1) is 24.0. The lowest BCUT2D eigenvalue weighted by molar-refractivity contribution is -0.126. The van der Waals surface area contributed by atoms with Gasteiger partial charge in [0.15, 0.2) is 11.5 Å². The molecule has 0 aliphatic carbocycles. The van der Waals surface area contributed by atoms with Gasteiger partial charge in [-0.15, -0.1) is 0 Å². The lowest BCUT2D eigenvalue weighted by atomic mass is 10.1. The van der Waals surface area contributed by atoms with Crippen molar-refractivity contribution in [1.29, 1.82) is 0 Å². The minimum Gasteiger partial charge on any atom is -0.493 e. The zero-order valence-corrected chi connectivity index (χ0v) is 19.9. The fourth-order valence-electron chi connectivity index (χ4n) is 3.93. The second-order valence-corrected chi connectivity index (χ2v) is 8.34. The Morgan fingerprint density at radius 3 is 2.54 bits per heavy atom. The van der Waals surface area contributed by atoms with E-state index in [9.17, 15) is 9.59 Å². The van der Waals surface area contributed by atoms with Gasteiger partial charge in [0.05, 0.1) is 19.2 Å². The number of methoxy groups -OCH3 is 1. The minimum atomic E-state index is -0.450. The first-order chi connectivity index (χ1) is 17.1. The summed E-state index contributed by atoms with van der Waals surface area (Å²) in [6, 6.07) is 23.2. The van der Waals surface area contributed by atoms with Crippen LogP contribution in [0.15, 0.2) is 77.9 Å². The predicted octanol–water partition coefficient (Wildman–Crippen LogP) is 4.34. The summed E-state index contributed by atoms with van der Waals surface area (Å²) < 4.78 is 11.3. The van der Waals surface area contributed by atoms with Crippen LogP contribution in [0.2, 0.25) is 0 Å². The van der Waals surface area contributed by atoms with Gasteiger partial charge in [0, 0.05) is 18.7 Å². The molecular formula is C28H29N3O4. The molecule has 1 saturated heterocycles. The van der Waals surface area contributed by atoms with Gasteiger partial charge >= 0.3 is 0 Å². The maximum Gasteiger partial charge on any atom is 0.245 e. The van der Waals surface area contributed by atoms with Gasteiger partial charge in [-0.2, -0.15) is 5.10 Å². The number of nitrogens with zero attached hydrogens (tertiary/aromatic N) is 2. The van der Waals surface area contributed by atoms with Gasteiger partial charge in [0.25, 0.3) is 0 Å². The van der Waals surface area contributed by atoms with Crippen molar-refractivity contribution in [2.45, 2.75) is 26.4 Å². The van der Waals surface area contributed by atoms with Crippen LogP contribution in [0.3, 0.4) is 0 Å². The van der Waals surface area contributed by atoms with Crippen molar-refractivity contribution >= 4 is 23.7 Å². The van der Waals surface area contributed by atoms with Crippen LogP contribution >= 0.6 is 0 Å². The Kier molecular flexibility index (Phi) is 7.77. The Bertz CT molecular complexity index is 1190. The molecule has 35 heavy (non-hydrogen) atoms. The molecule has 1 aliphatic heterocycles. The largest absolute Gasteiger partial charge is 0.493 e. The quantitative estimate of drug-likeness (QED) is 0.372. The number of ether oxygens (including phenoxy) is 2. The average molecular weight is 472 g/mol. The Labute approximate surface area is 205 Å². The van der Waals surface area contributed by atoms with Crippen molar-refractivity contribution in [3.8, 4) is 11.5 Å². The molecule has 3 aromatic carbocycles. The Morgan fingerprint density at radius 1 is 1.06 bits per heavy atom. The molecule has 4 rings (SSSR count). The van der Waals surface area contributed by atoms with Crippen LogP contribution in [0.1, 0.15) is 30.0 Å². The van der Waals surface area contributed by atoms with E-state index in [2.05, 4.69) is 17.5 Å². The second-order valence-electron chi connectivity index (χ2n) is 8.34. The van der Waals surface area contributed by atoms with E-state index in [1.165, 1.54) is 5.56 Å². The van der Waals surface area contributed by atoms with Crippen LogP contribution in [0.25, 0.3) is 0 Å². The first-order valence-corrected chi connectivity index (χ1v) is 11.6. The first-order valence-electron chi connectivity index (χ1n) is 11.6. The minimum absolute atomic E-state index is 0.0609. The van der Waals surface area contributed by atoms with Crippen molar-refractivity contribution < 1.29 is 19.1 Å². The Morgan fingerprint density at radius 2 is 1.83 bits per heavy atom. The highest BCUT2D eigenvalue weighted by molar-refractivity contribution is 6.00. The van der Waals surface area contributed by atoms with E-state index in [4.69, 9.17) is 9.47 Å². The number of rotatable bonds is 9. The number of nitrogens with one attached hydrogen (secondary N) is 1. The zero-order chi connectivity index (χ0) is 24.6. The second kappa shape index (κ2) is 11.3. The molecule has 1 N–H and O–H groups in total. The van der Waals surface area contributed by atoms with Gasteiger partial charge < -0.3 is 14.4 Å². The van der Waals surface area contributed by atoms with Crippen LogP contribution in [0.4, 0.5) is 5.69 Å². The standard InChI is InChI=1S/C28H29N3O4/c1-3-20-9-12-24(13-10-20)31-18-23(16-27(31)32)28(33)30-29-17-22-11-14-25(26(15-22)34-2)35-19-21-7-5-4-6-8-21/h4-15,17,23H,3,16,18-19H2,1-2H3,(H,30,33)/b29-17+/t23-/m0/s1. The SMILES string of the molecule is CCc1ccc(N2C[C@@H](C(=O)N/N=C/c3ccc(OCc4ccccc4)c(OC)c3)CC2=O)cc1. The maximum absolute atomic E-state index is 12.6. The third-order valence-corrected chi connectivity index (χ3v) is 5.97. The molecular weight excluding hydrogens is 442 g/mol. The topological polar surface area (TPSA) is 80.2 Å². The summed E-state index contributed by atoms with van der Waals surface area (Å²) >= 11 is 0. The Balaban J connectivity index is 1.32. The molecule has 180 valence electrons. The molecule has 1 heterocycles. The molecule has 0 spiro atoms. The summed E-state index contributed by atoms with van der Waals surface area (Å²) in [4.78, 5) is 26.7. The summed E-state index contributed by atoms with van der Waals surface area (Å²) in [7, 11) is 1.58. The highest BCUT2D eigenvalue weighted by Gasteiger charge is 2.35. The molecule has 7 heteroatoms. The van der Waals surface area contributed by atoms with E-state index in [0.29, 0.717) is 24.7 Å². The molecule has 0 saturated carbocycles. The molecule has 1 fully saturated rings. The van der Waals surface area contributed by atoms with Gasteiger partial charge in [-0.05, 0) is 53.4 Å². The van der Waals surface area contributed by atoms with Crippen molar-refractivity contribution in [2.75, 3.05) is 18.6 Å². The van der Waals surface area contributed by atoms with Crippen molar-refractivity contribution in [3.05, 3.63) is 89.5 Å². The zero-order valence-electron chi connectivity index (χ0n) is 19.9. The number of benzene rings is 3. The number of hydrazone groups is 1.